The van der Waals surface area contributed by atoms with Crippen LogP contribution in [-0.2, 0) is 14.3 Å². The summed E-state index contributed by atoms with van der Waals surface area (Å²) in [6.07, 6.45) is 1.08. The normalized spacial score (nSPS) is 15.4. The van der Waals surface area contributed by atoms with Gasteiger partial charge in [-0.3, -0.25) is 4.79 Å². The number of carbonyl (C=O) groups excluding carboxylic acids is 2. The van der Waals surface area contributed by atoms with E-state index in [9.17, 15) is 14.0 Å². The van der Waals surface area contributed by atoms with E-state index in [1.54, 1.807) is 25.1 Å². The van der Waals surface area contributed by atoms with Gasteiger partial charge in [-0.05, 0) is 32.9 Å². The lowest BCUT2D eigenvalue weighted by atomic mass is 9.99. The maximum atomic E-state index is 14.2. The van der Waals surface area contributed by atoms with Gasteiger partial charge in [0.1, 0.15) is 34.0 Å². The molecule has 148 valence electrons. The van der Waals surface area contributed by atoms with E-state index in [1.165, 1.54) is 31.9 Å². The zero-order valence-corrected chi connectivity index (χ0v) is 16.5. The van der Waals surface area contributed by atoms with Crippen molar-refractivity contribution in [2.45, 2.75) is 38.9 Å². The smallest absolute Gasteiger partial charge is 0.328 e. The maximum absolute atomic E-state index is 14.2. The molecule has 1 aliphatic rings. The Labute approximate surface area is 162 Å². The minimum atomic E-state index is -1.66. The van der Waals surface area contributed by atoms with Crippen LogP contribution < -0.4 is 9.47 Å². The number of halogens is 2. The number of hydrogen-bond acceptors (Lipinski definition) is 5. The van der Waals surface area contributed by atoms with E-state index < -0.39 is 23.6 Å². The summed E-state index contributed by atoms with van der Waals surface area (Å²) in [7, 11) is 1.48. The molecule has 8 heteroatoms. The summed E-state index contributed by atoms with van der Waals surface area (Å²) in [6.45, 7) is 4.49. The average molecular weight is 400 g/mol. The predicted octanol–water partition coefficient (Wildman–Crippen LogP) is 3.52. The van der Waals surface area contributed by atoms with Crippen LogP contribution in [0.4, 0.5) is 4.39 Å². The molecule has 1 atom stereocenters. The fourth-order valence-corrected chi connectivity index (χ4v) is 2.97. The lowest BCUT2D eigenvalue weighted by molar-refractivity contribution is -0.154. The number of rotatable bonds is 8. The van der Waals surface area contributed by atoms with Crippen LogP contribution in [0.2, 0.25) is 5.02 Å². The molecule has 0 bridgehead atoms. The van der Waals surface area contributed by atoms with E-state index in [0.29, 0.717) is 17.3 Å². The van der Waals surface area contributed by atoms with Gasteiger partial charge in [-0.2, -0.15) is 0 Å². The Morgan fingerprint density at radius 2 is 2.04 bits per heavy atom. The van der Waals surface area contributed by atoms with Gasteiger partial charge in [-0.15, -0.1) is 0 Å². The van der Waals surface area contributed by atoms with Crippen molar-refractivity contribution in [3.63, 3.8) is 0 Å². The standard InChI is InChI=1S/C19H23ClFNO5/c1-5-26-18(24)13(10-19(2,3)21)22-11-12(9-16(22)23)27-15-8-6-7-14(25-4)17(15)20/h6-9,13H,5,10-11H2,1-4H3. The molecule has 0 N–H and O–H groups in total. The van der Waals surface area contributed by atoms with Crippen LogP contribution >= 0.6 is 11.6 Å². The molecule has 27 heavy (non-hydrogen) atoms. The Kier molecular flexibility index (Phi) is 6.70. The van der Waals surface area contributed by atoms with Gasteiger partial charge in [0.2, 0.25) is 0 Å². The molecule has 1 unspecified atom stereocenters. The van der Waals surface area contributed by atoms with E-state index in [-0.39, 0.29) is 24.6 Å². The Hall–Kier alpha value is -2.28. The molecule has 2 rings (SSSR count). The first-order chi connectivity index (χ1) is 12.7. The average Bonchev–Trinajstić information content (AvgIpc) is 2.94. The topological polar surface area (TPSA) is 65.1 Å². The first-order valence-corrected chi connectivity index (χ1v) is 8.91. The van der Waals surface area contributed by atoms with Crippen LogP contribution in [0.3, 0.4) is 0 Å². The Balaban J connectivity index is 2.18. The van der Waals surface area contributed by atoms with Crippen molar-refractivity contribution >= 4 is 23.5 Å². The van der Waals surface area contributed by atoms with Gasteiger partial charge in [0.15, 0.2) is 0 Å². The van der Waals surface area contributed by atoms with Crippen LogP contribution in [0, 0.1) is 0 Å². The van der Waals surface area contributed by atoms with Crippen molar-refractivity contribution < 1.29 is 28.2 Å². The molecule has 0 aromatic heterocycles. The summed E-state index contributed by atoms with van der Waals surface area (Å²) >= 11 is 6.20. The number of nitrogens with zero attached hydrogens (tertiary/aromatic N) is 1. The number of benzene rings is 1. The summed E-state index contributed by atoms with van der Waals surface area (Å²) < 4.78 is 30.0. The van der Waals surface area contributed by atoms with E-state index in [1.807, 2.05) is 0 Å². The highest BCUT2D eigenvalue weighted by Gasteiger charge is 2.39. The van der Waals surface area contributed by atoms with Crippen LogP contribution in [-0.4, -0.2) is 48.7 Å². The number of amides is 1. The predicted molar refractivity (Wildman–Crippen MR) is 98.7 cm³/mol. The molecule has 0 aliphatic carbocycles. The Bertz CT molecular complexity index is 744. The van der Waals surface area contributed by atoms with Crippen molar-refractivity contribution in [2.75, 3.05) is 20.3 Å². The highest BCUT2D eigenvalue weighted by molar-refractivity contribution is 6.33. The summed E-state index contributed by atoms with van der Waals surface area (Å²) in [5.41, 5.74) is -1.66. The Morgan fingerprint density at radius 1 is 1.37 bits per heavy atom. The lowest BCUT2D eigenvalue weighted by Crippen LogP contribution is -2.46. The first-order valence-electron chi connectivity index (χ1n) is 8.53. The molecule has 1 aliphatic heterocycles. The molecule has 1 heterocycles. The molecule has 0 radical (unpaired) electrons. The zero-order chi connectivity index (χ0) is 20.2. The van der Waals surface area contributed by atoms with Gasteiger partial charge in [0.25, 0.3) is 5.91 Å². The van der Waals surface area contributed by atoms with E-state index in [4.69, 9.17) is 25.8 Å². The number of esters is 1. The summed E-state index contributed by atoms with van der Waals surface area (Å²) in [5, 5.41) is 0.263. The molecule has 6 nitrogen and oxygen atoms in total. The monoisotopic (exact) mass is 399 g/mol. The molecular formula is C19H23ClFNO5. The lowest BCUT2D eigenvalue weighted by Gasteiger charge is -2.29. The van der Waals surface area contributed by atoms with Gasteiger partial charge in [-0.1, -0.05) is 17.7 Å². The quantitative estimate of drug-likeness (QED) is 0.626. The van der Waals surface area contributed by atoms with Gasteiger partial charge in [0, 0.05) is 12.5 Å². The SMILES string of the molecule is CCOC(=O)C(CC(C)(C)F)N1CC(Oc2cccc(OC)c2Cl)=CC1=O. The summed E-state index contributed by atoms with van der Waals surface area (Å²) in [4.78, 5) is 25.9. The third-order valence-corrected chi connectivity index (χ3v) is 4.27. The third kappa shape index (κ3) is 5.35. The second-order valence-corrected chi connectivity index (χ2v) is 7.02. The van der Waals surface area contributed by atoms with Gasteiger partial charge in [-0.25, -0.2) is 9.18 Å². The maximum Gasteiger partial charge on any atom is 0.328 e. The van der Waals surface area contributed by atoms with Crippen molar-refractivity contribution in [1.29, 1.82) is 0 Å². The number of carbonyl (C=O) groups is 2. The van der Waals surface area contributed by atoms with Crippen LogP contribution in [0.25, 0.3) is 0 Å². The van der Waals surface area contributed by atoms with Crippen LogP contribution in [0.5, 0.6) is 11.5 Å². The van der Waals surface area contributed by atoms with Crippen LogP contribution in [0.1, 0.15) is 27.2 Å². The highest BCUT2D eigenvalue weighted by Crippen LogP contribution is 2.35. The second-order valence-electron chi connectivity index (χ2n) is 6.64. The molecular weight excluding hydrogens is 377 g/mol. The van der Waals surface area contributed by atoms with Gasteiger partial charge in [0.05, 0.1) is 20.3 Å². The number of hydrogen-bond donors (Lipinski definition) is 0. The second kappa shape index (κ2) is 8.61. The molecule has 1 aromatic carbocycles. The zero-order valence-electron chi connectivity index (χ0n) is 15.8. The largest absolute Gasteiger partial charge is 0.495 e. The van der Waals surface area contributed by atoms with Crippen molar-refractivity contribution in [2.24, 2.45) is 0 Å². The van der Waals surface area contributed by atoms with Crippen molar-refractivity contribution in [3.05, 3.63) is 35.1 Å². The van der Waals surface area contributed by atoms with E-state index >= 15 is 0 Å². The molecule has 0 fully saturated rings. The molecule has 0 saturated heterocycles. The minimum Gasteiger partial charge on any atom is -0.495 e. The molecule has 1 amide bonds. The number of alkyl halides is 1. The van der Waals surface area contributed by atoms with Crippen LogP contribution in [0.15, 0.2) is 30.0 Å². The fourth-order valence-electron chi connectivity index (χ4n) is 2.72. The minimum absolute atomic E-state index is 0.00589. The van der Waals surface area contributed by atoms with E-state index in [0.717, 1.165) is 0 Å². The van der Waals surface area contributed by atoms with Gasteiger partial charge < -0.3 is 19.1 Å². The summed E-state index contributed by atoms with van der Waals surface area (Å²) in [5.74, 6) is -0.0620. The summed E-state index contributed by atoms with van der Waals surface area (Å²) in [6, 6.07) is 3.96. The fraction of sp³-hybridized carbons (Fsp3) is 0.474. The molecule has 0 spiro atoms. The number of methoxy groups -OCH3 is 1. The van der Waals surface area contributed by atoms with Gasteiger partial charge >= 0.3 is 5.97 Å². The highest BCUT2D eigenvalue weighted by atomic mass is 35.5. The van der Waals surface area contributed by atoms with Crippen molar-refractivity contribution in [1.82, 2.24) is 4.90 Å². The number of ether oxygens (including phenoxy) is 3. The van der Waals surface area contributed by atoms with Crippen molar-refractivity contribution in [3.8, 4) is 11.5 Å². The molecule has 0 saturated carbocycles. The van der Waals surface area contributed by atoms with E-state index in [2.05, 4.69) is 0 Å². The Morgan fingerprint density at radius 3 is 2.63 bits per heavy atom. The molecule has 1 aromatic rings. The third-order valence-electron chi connectivity index (χ3n) is 3.90. The first kappa shape index (κ1) is 21.0.